The molecular formula is C15H20ClNO2. The first-order valence-electron chi connectivity index (χ1n) is 6.82. The van der Waals surface area contributed by atoms with Gasteiger partial charge in [-0.1, -0.05) is 37.3 Å². The first-order valence-corrected chi connectivity index (χ1v) is 7.20. The number of carbonyl (C=O) groups excluding carboxylic acids is 1. The Balaban J connectivity index is 1.88. The van der Waals surface area contributed by atoms with Crippen molar-refractivity contribution in [3.63, 3.8) is 0 Å². The Kier molecular flexibility index (Phi) is 5.08. The van der Waals surface area contributed by atoms with Crippen LogP contribution in [0.3, 0.4) is 0 Å². The smallest absolute Gasteiger partial charge is 0.224 e. The molecule has 19 heavy (non-hydrogen) atoms. The summed E-state index contributed by atoms with van der Waals surface area (Å²) in [4.78, 5) is 11.9. The Labute approximate surface area is 119 Å². The summed E-state index contributed by atoms with van der Waals surface area (Å²) in [5.41, 5.74) is 0.645. The van der Waals surface area contributed by atoms with Crippen LogP contribution >= 0.6 is 11.6 Å². The van der Waals surface area contributed by atoms with Gasteiger partial charge < -0.3 is 10.1 Å². The third kappa shape index (κ3) is 4.13. The van der Waals surface area contributed by atoms with E-state index in [0.29, 0.717) is 22.9 Å². The molecule has 1 aliphatic rings. The fourth-order valence-corrected chi connectivity index (χ4v) is 2.80. The Morgan fingerprint density at radius 1 is 1.42 bits per heavy atom. The van der Waals surface area contributed by atoms with Gasteiger partial charge in [-0.05, 0) is 30.5 Å². The summed E-state index contributed by atoms with van der Waals surface area (Å²) in [5, 5.41) is 3.47. The standard InChI is InChI=1S/C15H20ClNO2/c1-19-14-8-7-12(16)10-13(14)17-15(18)9-6-11-4-2-3-5-11/h7-8,10-11H,2-6,9H2,1H3,(H,17,18). The largest absolute Gasteiger partial charge is 0.495 e. The molecule has 104 valence electrons. The van der Waals surface area contributed by atoms with E-state index in [1.165, 1.54) is 25.7 Å². The lowest BCUT2D eigenvalue weighted by Gasteiger charge is -2.12. The minimum atomic E-state index is 0.0347. The van der Waals surface area contributed by atoms with Crippen molar-refractivity contribution in [2.45, 2.75) is 38.5 Å². The molecule has 0 spiro atoms. The molecule has 0 aromatic heterocycles. The number of halogens is 1. The van der Waals surface area contributed by atoms with Crippen LogP contribution in [0.4, 0.5) is 5.69 Å². The van der Waals surface area contributed by atoms with Crippen LogP contribution in [0.15, 0.2) is 18.2 Å². The van der Waals surface area contributed by atoms with Crippen LogP contribution in [0.25, 0.3) is 0 Å². The van der Waals surface area contributed by atoms with E-state index in [4.69, 9.17) is 16.3 Å². The number of methoxy groups -OCH3 is 1. The van der Waals surface area contributed by atoms with Crippen LogP contribution in [-0.2, 0) is 4.79 Å². The van der Waals surface area contributed by atoms with Gasteiger partial charge in [0.1, 0.15) is 5.75 Å². The second kappa shape index (κ2) is 6.80. The number of ether oxygens (including phenoxy) is 1. The van der Waals surface area contributed by atoms with Crippen molar-refractivity contribution in [1.82, 2.24) is 0 Å². The van der Waals surface area contributed by atoms with Gasteiger partial charge in [-0.25, -0.2) is 0 Å². The van der Waals surface area contributed by atoms with Gasteiger partial charge in [0.25, 0.3) is 0 Å². The third-order valence-electron chi connectivity index (χ3n) is 3.69. The first kappa shape index (κ1) is 14.2. The molecule has 1 fully saturated rings. The SMILES string of the molecule is COc1ccc(Cl)cc1NC(=O)CCC1CCCC1. The molecule has 1 aromatic carbocycles. The Morgan fingerprint density at radius 2 is 2.16 bits per heavy atom. The predicted octanol–water partition coefficient (Wildman–Crippen LogP) is 4.26. The molecule has 0 saturated heterocycles. The Bertz CT molecular complexity index is 442. The normalized spacial score (nSPS) is 15.5. The lowest BCUT2D eigenvalue weighted by Crippen LogP contribution is -2.13. The summed E-state index contributed by atoms with van der Waals surface area (Å²) >= 11 is 5.93. The zero-order valence-electron chi connectivity index (χ0n) is 11.2. The van der Waals surface area contributed by atoms with Crippen molar-refractivity contribution < 1.29 is 9.53 Å². The number of carbonyl (C=O) groups is 1. The van der Waals surface area contributed by atoms with Gasteiger partial charge in [-0.3, -0.25) is 4.79 Å². The van der Waals surface area contributed by atoms with E-state index < -0.39 is 0 Å². The molecule has 1 N–H and O–H groups in total. The number of amides is 1. The number of hydrogen-bond donors (Lipinski definition) is 1. The van der Waals surface area contributed by atoms with Gasteiger partial charge >= 0.3 is 0 Å². The molecule has 4 heteroatoms. The molecule has 3 nitrogen and oxygen atoms in total. The average molecular weight is 282 g/mol. The Morgan fingerprint density at radius 3 is 2.84 bits per heavy atom. The maximum Gasteiger partial charge on any atom is 0.224 e. The van der Waals surface area contributed by atoms with Crippen molar-refractivity contribution in [1.29, 1.82) is 0 Å². The third-order valence-corrected chi connectivity index (χ3v) is 3.93. The quantitative estimate of drug-likeness (QED) is 0.876. The number of nitrogens with one attached hydrogen (secondary N) is 1. The maximum atomic E-state index is 11.9. The van der Waals surface area contributed by atoms with Crippen molar-refractivity contribution in [2.24, 2.45) is 5.92 Å². The van der Waals surface area contributed by atoms with Gasteiger partial charge in [0.2, 0.25) is 5.91 Å². The van der Waals surface area contributed by atoms with E-state index in [1.54, 1.807) is 25.3 Å². The topological polar surface area (TPSA) is 38.3 Å². The molecule has 1 amide bonds. The molecule has 0 heterocycles. The van der Waals surface area contributed by atoms with E-state index in [0.717, 1.165) is 12.3 Å². The van der Waals surface area contributed by atoms with E-state index in [9.17, 15) is 4.79 Å². The Hall–Kier alpha value is -1.22. The second-order valence-corrected chi connectivity index (χ2v) is 5.52. The fraction of sp³-hybridized carbons (Fsp3) is 0.533. The van der Waals surface area contributed by atoms with Gasteiger partial charge in [-0.2, -0.15) is 0 Å². The highest BCUT2D eigenvalue weighted by Gasteiger charge is 2.16. The molecule has 0 unspecified atom stereocenters. The summed E-state index contributed by atoms with van der Waals surface area (Å²) in [5.74, 6) is 1.40. The lowest BCUT2D eigenvalue weighted by atomic mass is 10.0. The van der Waals surface area contributed by atoms with Crippen molar-refractivity contribution in [2.75, 3.05) is 12.4 Å². The number of benzene rings is 1. The minimum Gasteiger partial charge on any atom is -0.495 e. The summed E-state index contributed by atoms with van der Waals surface area (Å²) in [6.07, 6.45) is 6.72. The highest BCUT2D eigenvalue weighted by Crippen LogP contribution is 2.30. The molecule has 0 bridgehead atoms. The van der Waals surface area contributed by atoms with E-state index in [-0.39, 0.29) is 5.91 Å². The summed E-state index contributed by atoms with van der Waals surface area (Å²) in [6, 6.07) is 5.22. The molecule has 0 radical (unpaired) electrons. The lowest BCUT2D eigenvalue weighted by molar-refractivity contribution is -0.116. The van der Waals surface area contributed by atoms with Crippen molar-refractivity contribution in [3.05, 3.63) is 23.2 Å². The van der Waals surface area contributed by atoms with Crippen LogP contribution in [0, 0.1) is 5.92 Å². The monoisotopic (exact) mass is 281 g/mol. The summed E-state index contributed by atoms with van der Waals surface area (Å²) < 4.78 is 5.21. The van der Waals surface area contributed by atoms with E-state index >= 15 is 0 Å². The minimum absolute atomic E-state index is 0.0347. The zero-order valence-corrected chi connectivity index (χ0v) is 12.0. The summed E-state index contributed by atoms with van der Waals surface area (Å²) in [6.45, 7) is 0. The van der Waals surface area contributed by atoms with E-state index in [2.05, 4.69) is 5.32 Å². The van der Waals surface area contributed by atoms with E-state index in [1.807, 2.05) is 0 Å². The molecule has 1 aromatic rings. The molecule has 0 aliphatic heterocycles. The van der Waals surface area contributed by atoms with Crippen LogP contribution in [0.2, 0.25) is 5.02 Å². The number of anilines is 1. The van der Waals surface area contributed by atoms with Crippen LogP contribution in [0.1, 0.15) is 38.5 Å². The fourth-order valence-electron chi connectivity index (χ4n) is 2.62. The van der Waals surface area contributed by atoms with Crippen LogP contribution in [0.5, 0.6) is 5.75 Å². The average Bonchev–Trinajstić information content (AvgIpc) is 2.90. The molecule has 2 rings (SSSR count). The molecule has 1 saturated carbocycles. The molecule has 1 aliphatic carbocycles. The number of hydrogen-bond acceptors (Lipinski definition) is 2. The molecule has 0 atom stereocenters. The zero-order chi connectivity index (χ0) is 13.7. The summed E-state index contributed by atoms with van der Waals surface area (Å²) in [7, 11) is 1.58. The number of rotatable bonds is 5. The van der Waals surface area contributed by atoms with Gasteiger partial charge in [0.15, 0.2) is 0 Å². The highest BCUT2D eigenvalue weighted by atomic mass is 35.5. The van der Waals surface area contributed by atoms with Crippen molar-refractivity contribution in [3.8, 4) is 5.75 Å². The van der Waals surface area contributed by atoms with Crippen LogP contribution < -0.4 is 10.1 Å². The van der Waals surface area contributed by atoms with Gasteiger partial charge in [0.05, 0.1) is 12.8 Å². The maximum absolute atomic E-state index is 11.9. The second-order valence-electron chi connectivity index (χ2n) is 5.08. The molecular weight excluding hydrogens is 262 g/mol. The van der Waals surface area contributed by atoms with Gasteiger partial charge in [-0.15, -0.1) is 0 Å². The predicted molar refractivity (Wildman–Crippen MR) is 77.8 cm³/mol. The first-order chi connectivity index (χ1) is 9.19. The van der Waals surface area contributed by atoms with Gasteiger partial charge in [0, 0.05) is 11.4 Å². The van der Waals surface area contributed by atoms with Crippen molar-refractivity contribution >= 4 is 23.2 Å². The highest BCUT2D eigenvalue weighted by molar-refractivity contribution is 6.31. The van der Waals surface area contributed by atoms with Crippen LogP contribution in [-0.4, -0.2) is 13.0 Å².